The summed E-state index contributed by atoms with van der Waals surface area (Å²) in [4.78, 5) is 20.9. The van der Waals surface area contributed by atoms with Crippen LogP contribution in [0, 0.1) is 0 Å². The van der Waals surface area contributed by atoms with Crippen LogP contribution in [0.25, 0.3) is 0 Å². The van der Waals surface area contributed by atoms with Crippen LogP contribution in [-0.4, -0.2) is 38.7 Å². The molecule has 0 heterocycles. The predicted molar refractivity (Wildman–Crippen MR) is 54.9 cm³/mol. The maximum absolute atomic E-state index is 10.5. The summed E-state index contributed by atoms with van der Waals surface area (Å²) in [6.07, 6.45) is -0.538. The van der Waals surface area contributed by atoms with Crippen molar-refractivity contribution in [3.63, 3.8) is 0 Å². The second-order valence-electron chi connectivity index (χ2n) is 2.61. The van der Waals surface area contributed by atoms with Crippen LogP contribution < -0.4 is 5.73 Å². The topological polar surface area (TPSA) is 101 Å². The van der Waals surface area contributed by atoms with Crippen molar-refractivity contribution in [1.82, 2.24) is 0 Å². The van der Waals surface area contributed by atoms with Gasteiger partial charge in [0.25, 0.3) is 0 Å². The number of halogens is 3. The van der Waals surface area contributed by atoms with Crippen molar-refractivity contribution < 1.29 is 19.8 Å². The fourth-order valence-corrected chi connectivity index (χ4v) is 6.13. The molecule has 0 aromatic heterocycles. The molecule has 0 fully saturated rings. The summed E-state index contributed by atoms with van der Waals surface area (Å²) in [5.41, 5.74) is 5.23. The first-order chi connectivity index (χ1) is 6.16. The van der Waals surface area contributed by atoms with Gasteiger partial charge in [-0.2, -0.15) is 0 Å². The van der Waals surface area contributed by atoms with Gasteiger partial charge in [-0.05, 0) is 0 Å². The molecule has 0 aliphatic heterocycles. The van der Waals surface area contributed by atoms with Crippen molar-refractivity contribution in [2.45, 2.75) is 17.2 Å². The monoisotopic (exact) mass is 325 g/mol. The first-order valence-electron chi connectivity index (χ1n) is 3.43. The Morgan fingerprint density at radius 2 is 1.71 bits per heavy atom. The molecule has 14 heavy (non-hydrogen) atoms. The predicted octanol–water partition coefficient (Wildman–Crippen LogP) is 0.899. The van der Waals surface area contributed by atoms with Crippen molar-refractivity contribution in [1.29, 1.82) is 0 Å². The molecule has 82 valence electrons. The van der Waals surface area contributed by atoms with Gasteiger partial charge in [0.15, 0.2) is 0 Å². The standard InChI is InChI=1S/C5H8Cl3GeNO4/c6-9(7,8)2(1-3(11)12)4(10)5(13)14/h2,4H,1,10H2,(H,11,12)(H,13,14). The van der Waals surface area contributed by atoms with E-state index in [0.29, 0.717) is 0 Å². The van der Waals surface area contributed by atoms with E-state index in [4.69, 9.17) is 46.0 Å². The average molecular weight is 325 g/mol. The number of hydrogen-bond acceptors (Lipinski definition) is 3. The van der Waals surface area contributed by atoms with Gasteiger partial charge >= 0.3 is 95.2 Å². The molecule has 0 radical (unpaired) electrons. The number of aliphatic carboxylic acids is 2. The molecule has 0 spiro atoms. The molecule has 2 atom stereocenters. The Kier molecular flexibility index (Phi) is 5.53. The van der Waals surface area contributed by atoms with E-state index in [1.54, 1.807) is 0 Å². The molecular weight excluding hydrogens is 317 g/mol. The van der Waals surface area contributed by atoms with Crippen LogP contribution in [0.1, 0.15) is 6.42 Å². The maximum atomic E-state index is 10.5. The molecule has 0 saturated heterocycles. The third kappa shape index (κ3) is 4.70. The zero-order valence-corrected chi connectivity index (χ0v) is 11.1. The quantitative estimate of drug-likeness (QED) is 0.652. The molecule has 0 amide bonds. The van der Waals surface area contributed by atoms with Crippen molar-refractivity contribution >= 4 is 52.4 Å². The average Bonchev–Trinajstić information content (AvgIpc) is 1.96. The van der Waals surface area contributed by atoms with Crippen molar-refractivity contribution in [2.75, 3.05) is 0 Å². The van der Waals surface area contributed by atoms with Crippen molar-refractivity contribution in [3.05, 3.63) is 0 Å². The van der Waals surface area contributed by atoms with Crippen LogP contribution in [0.4, 0.5) is 0 Å². The minimum atomic E-state index is -3.94. The van der Waals surface area contributed by atoms with E-state index in [9.17, 15) is 9.59 Å². The summed E-state index contributed by atoms with van der Waals surface area (Å²) in [6.45, 7) is 0. The van der Waals surface area contributed by atoms with Crippen molar-refractivity contribution in [3.8, 4) is 0 Å². The van der Waals surface area contributed by atoms with Crippen LogP contribution >= 0.6 is 30.0 Å². The van der Waals surface area contributed by atoms with E-state index in [1.807, 2.05) is 0 Å². The van der Waals surface area contributed by atoms with E-state index in [-0.39, 0.29) is 0 Å². The second kappa shape index (κ2) is 5.41. The summed E-state index contributed by atoms with van der Waals surface area (Å²) < 4.78 is -1.09. The Labute approximate surface area is 95.0 Å². The number of rotatable bonds is 5. The molecule has 5 nitrogen and oxygen atoms in total. The molecule has 0 bridgehead atoms. The molecule has 9 heteroatoms. The summed E-state index contributed by atoms with van der Waals surface area (Å²) in [5, 5.41) is 17.0. The fourth-order valence-electron chi connectivity index (χ4n) is 0.807. The van der Waals surface area contributed by atoms with E-state index in [1.165, 1.54) is 0 Å². The number of hydrogen-bond donors (Lipinski definition) is 3. The molecule has 0 aliphatic rings. The van der Waals surface area contributed by atoms with Crippen LogP contribution in [0.5, 0.6) is 0 Å². The normalized spacial score (nSPS) is 16.0. The molecule has 0 aromatic carbocycles. The van der Waals surface area contributed by atoms with Gasteiger partial charge in [-0.1, -0.05) is 0 Å². The number of carboxylic acid groups (broad SMARTS) is 2. The number of carboxylic acids is 2. The van der Waals surface area contributed by atoms with Gasteiger partial charge in [-0.3, -0.25) is 0 Å². The third-order valence-corrected chi connectivity index (χ3v) is 8.85. The van der Waals surface area contributed by atoms with E-state index >= 15 is 0 Å². The summed E-state index contributed by atoms with van der Waals surface area (Å²) in [5.74, 6) is -2.60. The Morgan fingerprint density at radius 3 is 1.93 bits per heavy atom. The van der Waals surface area contributed by atoms with Gasteiger partial charge in [0.1, 0.15) is 0 Å². The van der Waals surface area contributed by atoms with Gasteiger partial charge in [0, 0.05) is 0 Å². The molecule has 0 aromatic rings. The first-order valence-corrected chi connectivity index (χ1v) is 12.9. The SMILES string of the molecule is NC(C(=O)O)[CH](CC(=O)O)[Ge]([Cl])([Cl])[Cl]. The number of nitrogens with two attached hydrogens (primary N) is 1. The zero-order chi connectivity index (χ0) is 11.5. The third-order valence-electron chi connectivity index (χ3n) is 1.53. The molecular formula is C5H8Cl3GeNO4. The molecule has 0 aliphatic carbocycles. The number of carbonyl (C=O) groups is 2. The molecule has 4 N–H and O–H groups in total. The molecule has 0 saturated carbocycles. The Bertz CT molecular complexity index is 244. The Hall–Kier alpha value is 0.313. The van der Waals surface area contributed by atoms with Gasteiger partial charge in [0.05, 0.1) is 0 Å². The van der Waals surface area contributed by atoms with Crippen LogP contribution in [0.15, 0.2) is 0 Å². The summed E-state index contributed by atoms with van der Waals surface area (Å²) >= 11 is 0. The van der Waals surface area contributed by atoms with Crippen LogP contribution in [0.2, 0.25) is 4.75 Å². The summed E-state index contributed by atoms with van der Waals surface area (Å²) in [7, 11) is 12.8. The van der Waals surface area contributed by atoms with Crippen LogP contribution in [0.3, 0.4) is 0 Å². The van der Waals surface area contributed by atoms with E-state index < -0.39 is 39.6 Å². The van der Waals surface area contributed by atoms with Gasteiger partial charge in [-0.25, -0.2) is 0 Å². The van der Waals surface area contributed by atoms with E-state index in [0.717, 1.165) is 0 Å². The first kappa shape index (κ1) is 14.3. The van der Waals surface area contributed by atoms with Gasteiger partial charge < -0.3 is 0 Å². The van der Waals surface area contributed by atoms with Crippen LogP contribution in [-0.2, 0) is 9.59 Å². The zero-order valence-electron chi connectivity index (χ0n) is 6.78. The van der Waals surface area contributed by atoms with Gasteiger partial charge in [0.2, 0.25) is 0 Å². The Morgan fingerprint density at radius 1 is 1.29 bits per heavy atom. The second-order valence-corrected chi connectivity index (χ2v) is 18.7. The summed E-state index contributed by atoms with van der Waals surface area (Å²) in [6, 6.07) is -1.45. The molecule has 0 rings (SSSR count). The Balaban J connectivity index is 4.73. The van der Waals surface area contributed by atoms with E-state index in [2.05, 4.69) is 0 Å². The molecule has 2 unspecified atom stereocenters. The fraction of sp³-hybridized carbons (Fsp3) is 0.600. The minimum absolute atomic E-state index is 0.538. The van der Waals surface area contributed by atoms with Gasteiger partial charge in [-0.15, -0.1) is 0 Å². The van der Waals surface area contributed by atoms with Crippen molar-refractivity contribution in [2.24, 2.45) is 5.73 Å².